The first-order valence-corrected chi connectivity index (χ1v) is 11.5. The molecule has 3 saturated carbocycles. The Morgan fingerprint density at radius 1 is 1.25 bits per heavy atom. The van der Waals surface area contributed by atoms with Gasteiger partial charge in [-0.3, -0.25) is 8.98 Å². The Labute approximate surface area is 194 Å². The van der Waals surface area contributed by atoms with Crippen LogP contribution in [0.2, 0.25) is 0 Å². The van der Waals surface area contributed by atoms with Crippen molar-refractivity contribution in [3.8, 4) is 0 Å². The second kappa shape index (κ2) is 7.76. The maximum atomic E-state index is 12.4. The van der Waals surface area contributed by atoms with Crippen molar-refractivity contribution in [1.29, 1.82) is 0 Å². The summed E-state index contributed by atoms with van der Waals surface area (Å²) in [7, 11) is -4.70. The van der Waals surface area contributed by atoms with Crippen LogP contribution in [0.5, 0.6) is 0 Å². The molecule has 0 unspecified atom stereocenters. The number of Topliss-reactive ketones (excluding diaryl/α,β-unsaturated/α-hetero) is 1. The number of fused-ring (bicyclic) bond motifs is 5. The molecule has 0 radical (unpaired) electrons. The van der Waals surface area contributed by atoms with E-state index in [0.717, 1.165) is 25.7 Å². The minimum atomic E-state index is -4.70. The predicted molar refractivity (Wildman–Crippen MR) is 100 cm³/mol. The van der Waals surface area contributed by atoms with Crippen LogP contribution in [0, 0.1) is 34.5 Å². The summed E-state index contributed by atoms with van der Waals surface area (Å²) in [6.45, 7) is 5.90. The average Bonchev–Trinajstić information content (AvgIpc) is 2.78. The number of allylic oxidation sites excluding steroid dienone is 1. The first kappa shape index (κ1) is 20.2. The molecule has 7 atom stereocenters. The zero-order valence-corrected chi connectivity index (χ0v) is 20.2. The van der Waals surface area contributed by atoms with Crippen LogP contribution in [-0.2, 0) is 19.4 Å². The fourth-order valence-corrected chi connectivity index (χ4v) is 7.55. The van der Waals surface area contributed by atoms with Crippen LogP contribution in [0.4, 0.5) is 0 Å². The molecule has 3 fully saturated rings. The van der Waals surface area contributed by atoms with Crippen molar-refractivity contribution in [2.45, 2.75) is 78.2 Å². The zero-order valence-electron chi connectivity index (χ0n) is 19.4. The number of rotatable bonds is 3. The average molecular weight is 423 g/mol. The Kier molecular flexibility index (Phi) is 5.60. The van der Waals surface area contributed by atoms with Crippen LogP contribution in [0.25, 0.3) is 0 Å². The Morgan fingerprint density at radius 3 is 2.61 bits per heavy atom. The Balaban J connectivity index is 0.00000256. The van der Waals surface area contributed by atoms with Gasteiger partial charge in [0.05, 0.1) is 6.10 Å². The summed E-state index contributed by atoms with van der Waals surface area (Å²) in [5, 5.41) is 0. The van der Waals surface area contributed by atoms with E-state index in [2.05, 4.69) is 19.9 Å². The van der Waals surface area contributed by atoms with Gasteiger partial charge in [0.2, 0.25) is 10.4 Å². The molecule has 0 aromatic heterocycles. The SMILES string of the molecule is [2H]C1([2H])C[C@H]2[C@@H]3CC=C4C[C@@H](OS(=O)(=O)[O-])CC[C@]4(C)[C@H]3CC[C@]2(C)[C@H]1[13C]([13CH3])=O.[Na+]. The van der Waals surface area contributed by atoms with Crippen LogP contribution < -0.4 is 29.6 Å². The predicted octanol–water partition coefficient (Wildman–Crippen LogP) is 1.00. The van der Waals surface area contributed by atoms with Crippen LogP contribution in [0.1, 0.15) is 74.8 Å². The van der Waals surface area contributed by atoms with Gasteiger partial charge >= 0.3 is 29.6 Å². The van der Waals surface area contributed by atoms with Gasteiger partial charge in [-0.05, 0) is 86.8 Å². The third-order valence-electron chi connectivity index (χ3n) is 8.36. The number of hydrogen-bond acceptors (Lipinski definition) is 5. The largest absolute Gasteiger partial charge is 1.00 e. The molecule has 152 valence electrons. The first-order chi connectivity index (χ1) is 13.3. The maximum Gasteiger partial charge on any atom is 1.00 e. The Bertz CT molecular complexity index is 859. The van der Waals surface area contributed by atoms with E-state index in [0.29, 0.717) is 31.1 Å². The Hall–Kier alpha value is 0.280. The molecule has 4 rings (SSSR count). The molecule has 0 amide bonds. The van der Waals surface area contributed by atoms with E-state index in [-0.39, 0.29) is 52.1 Å². The van der Waals surface area contributed by atoms with Gasteiger partial charge in [0.15, 0.2) is 0 Å². The molecule has 0 bridgehead atoms. The minimum absolute atomic E-state index is 0. The maximum absolute atomic E-state index is 12.4. The van der Waals surface area contributed by atoms with Crippen molar-refractivity contribution in [3.05, 3.63) is 11.6 Å². The van der Waals surface area contributed by atoms with Crippen LogP contribution >= 0.6 is 0 Å². The van der Waals surface area contributed by atoms with Crippen LogP contribution in [-0.4, -0.2) is 24.9 Å². The molecule has 4 aliphatic carbocycles. The smallest absolute Gasteiger partial charge is 0.726 e. The van der Waals surface area contributed by atoms with Gasteiger partial charge in [-0.25, -0.2) is 8.42 Å². The normalized spacial score (nSPS) is 48.0. The van der Waals surface area contributed by atoms with Crippen molar-refractivity contribution in [1.82, 2.24) is 0 Å². The topological polar surface area (TPSA) is 83.5 Å². The molecule has 0 saturated heterocycles. The molecule has 0 N–H and O–H groups in total. The molecule has 5 nitrogen and oxygen atoms in total. The second-order valence-electron chi connectivity index (χ2n) is 9.63. The standard InChI is InChI=1S/C21H32O5S.Na/c1-13(22)17-6-7-18-16-5-4-14-12-15(26-27(23,24)25)8-10-20(14,2)19(16)9-11-21(17,18)3;/h4,15-19H,5-12H2,1-3H3,(H,23,24,25);/q;+1/p-1/t15-,16-,17+,18-,19-,20-,21+;/m0./s1/i1+1,6D2,13+1;. The molecule has 0 aliphatic heterocycles. The van der Waals surface area contributed by atoms with Gasteiger partial charge in [-0.1, -0.05) is 25.5 Å². The van der Waals surface area contributed by atoms with Crippen molar-refractivity contribution in [2.75, 3.05) is 0 Å². The summed E-state index contributed by atoms with van der Waals surface area (Å²) in [6.07, 6.45) is 5.00. The summed E-state index contributed by atoms with van der Waals surface area (Å²) in [6, 6.07) is 0. The van der Waals surface area contributed by atoms with E-state index >= 15 is 0 Å². The van der Waals surface area contributed by atoms with E-state index in [4.69, 9.17) is 6.92 Å². The van der Waals surface area contributed by atoms with Crippen LogP contribution in [0.3, 0.4) is 0 Å². The van der Waals surface area contributed by atoms with Gasteiger partial charge in [-0.15, -0.1) is 0 Å². The van der Waals surface area contributed by atoms with Crippen molar-refractivity contribution >= 4 is 16.2 Å². The molecule has 28 heavy (non-hydrogen) atoms. The monoisotopic (exact) mass is 422 g/mol. The summed E-state index contributed by atoms with van der Waals surface area (Å²) in [5.41, 5.74) is 0.818. The summed E-state index contributed by atoms with van der Waals surface area (Å²) in [4.78, 5) is 12.4. The van der Waals surface area contributed by atoms with Gasteiger partial charge in [0, 0.05) is 8.66 Å². The first-order valence-electron chi connectivity index (χ1n) is 11.1. The molecule has 7 heteroatoms. The van der Waals surface area contributed by atoms with E-state index in [1.165, 1.54) is 12.5 Å². The third-order valence-corrected chi connectivity index (χ3v) is 8.87. The molecule has 4 aliphatic rings. The molecule has 0 spiro atoms. The van der Waals surface area contributed by atoms with Gasteiger partial charge in [0.25, 0.3) is 0 Å². The third kappa shape index (κ3) is 3.71. The van der Waals surface area contributed by atoms with Gasteiger partial charge < -0.3 is 4.55 Å². The van der Waals surface area contributed by atoms with Crippen molar-refractivity contribution in [3.63, 3.8) is 0 Å². The number of hydrogen-bond donors (Lipinski definition) is 0. The van der Waals surface area contributed by atoms with Crippen molar-refractivity contribution < 1.29 is 54.2 Å². The fourth-order valence-electron chi connectivity index (χ4n) is 7.05. The Morgan fingerprint density at radius 2 is 1.96 bits per heavy atom. The molecule has 0 aromatic carbocycles. The van der Waals surface area contributed by atoms with Gasteiger partial charge in [-0.2, -0.15) is 0 Å². The van der Waals surface area contributed by atoms with E-state index in [9.17, 15) is 17.8 Å². The molecular weight excluding hydrogens is 389 g/mol. The van der Waals surface area contributed by atoms with Gasteiger partial charge in [0.1, 0.15) is 5.78 Å². The van der Waals surface area contributed by atoms with E-state index in [1.54, 1.807) is 0 Å². The molecule has 0 heterocycles. The quantitative estimate of drug-likeness (QED) is 0.223. The molecule has 0 aromatic rings. The van der Waals surface area contributed by atoms with Crippen LogP contribution in [0.15, 0.2) is 11.6 Å². The van der Waals surface area contributed by atoms with E-state index < -0.39 is 28.8 Å². The minimum Gasteiger partial charge on any atom is -0.726 e. The van der Waals surface area contributed by atoms with E-state index in [1.807, 2.05) is 0 Å². The summed E-state index contributed by atoms with van der Waals surface area (Å²) >= 11 is 0. The number of carbonyl (C=O) groups excluding carboxylic acids is 1. The number of carbonyl (C=O) groups is 1. The summed E-state index contributed by atoms with van der Waals surface area (Å²) < 4.78 is 54.9. The summed E-state index contributed by atoms with van der Waals surface area (Å²) in [5.74, 6) is 0.337. The zero-order chi connectivity index (χ0) is 21.4. The fraction of sp³-hybridized carbons (Fsp3) is 0.857. The van der Waals surface area contributed by atoms with Crippen molar-refractivity contribution in [2.24, 2.45) is 34.5 Å². The molecular formula is C21H31NaO5S. The number of ketones is 1. The second-order valence-corrected chi connectivity index (χ2v) is 10.6.